The van der Waals surface area contributed by atoms with E-state index in [0.29, 0.717) is 12.0 Å². The number of imidazole rings is 1. The second-order valence-electron chi connectivity index (χ2n) is 8.65. The zero-order valence-electron chi connectivity index (χ0n) is 20.6. The van der Waals surface area contributed by atoms with E-state index < -0.39 is 41.2 Å². The van der Waals surface area contributed by atoms with Gasteiger partial charge < -0.3 is 15.0 Å². The predicted molar refractivity (Wildman–Crippen MR) is 131 cm³/mol. The SMILES string of the molecule is CCC(O)Cn1c(=O)c2c(ncn2[C@@H](C)C(=O)Nc2cccc(-c3ccc(C(F)(F)F)nc3)n2)n(C)c1=O. The molecule has 4 aromatic rings. The van der Waals surface area contributed by atoms with E-state index in [-0.39, 0.29) is 29.2 Å². The topological polar surface area (TPSA) is 137 Å². The maximum atomic E-state index is 13.2. The van der Waals surface area contributed by atoms with Crippen molar-refractivity contribution in [2.75, 3.05) is 5.32 Å². The maximum Gasteiger partial charge on any atom is 0.433 e. The third-order valence-corrected chi connectivity index (χ3v) is 6.07. The molecule has 0 bridgehead atoms. The van der Waals surface area contributed by atoms with E-state index in [9.17, 15) is 32.7 Å². The molecule has 0 radical (unpaired) electrons. The second-order valence-corrected chi connectivity index (χ2v) is 8.65. The van der Waals surface area contributed by atoms with Gasteiger partial charge in [0, 0.05) is 18.8 Å². The fourth-order valence-electron chi connectivity index (χ4n) is 3.82. The van der Waals surface area contributed by atoms with Crippen LogP contribution in [0, 0.1) is 0 Å². The molecule has 200 valence electrons. The van der Waals surface area contributed by atoms with Crippen molar-refractivity contribution < 1.29 is 23.1 Å². The number of halogens is 3. The highest BCUT2D eigenvalue weighted by Gasteiger charge is 2.32. The summed E-state index contributed by atoms with van der Waals surface area (Å²) in [6.07, 6.45) is -2.83. The lowest BCUT2D eigenvalue weighted by Crippen LogP contribution is -2.42. The minimum atomic E-state index is -4.57. The smallest absolute Gasteiger partial charge is 0.391 e. The van der Waals surface area contributed by atoms with Crippen molar-refractivity contribution in [3.63, 3.8) is 0 Å². The van der Waals surface area contributed by atoms with Gasteiger partial charge in [-0.05, 0) is 37.6 Å². The van der Waals surface area contributed by atoms with Crippen molar-refractivity contribution in [1.29, 1.82) is 0 Å². The number of pyridine rings is 2. The average molecular weight is 531 g/mol. The molecule has 2 atom stereocenters. The van der Waals surface area contributed by atoms with Crippen LogP contribution in [0.4, 0.5) is 19.0 Å². The molecule has 0 fully saturated rings. The van der Waals surface area contributed by atoms with Gasteiger partial charge in [0.15, 0.2) is 11.2 Å². The molecule has 1 unspecified atom stereocenters. The number of amides is 1. The fraction of sp³-hybridized carbons (Fsp3) is 0.333. The van der Waals surface area contributed by atoms with E-state index in [0.717, 1.165) is 16.8 Å². The minimum absolute atomic E-state index is 0.00981. The number of aromatic nitrogens is 6. The summed E-state index contributed by atoms with van der Waals surface area (Å²) in [5, 5.41) is 12.6. The summed E-state index contributed by atoms with van der Waals surface area (Å²) in [5.41, 5.74) is -1.67. The van der Waals surface area contributed by atoms with Crippen LogP contribution in [0.2, 0.25) is 0 Å². The molecule has 4 aromatic heterocycles. The maximum absolute atomic E-state index is 13.2. The highest BCUT2D eigenvalue weighted by molar-refractivity contribution is 5.93. The first kappa shape index (κ1) is 26.7. The number of alkyl halides is 3. The summed E-state index contributed by atoms with van der Waals surface area (Å²) in [6.45, 7) is 3.03. The van der Waals surface area contributed by atoms with Gasteiger partial charge in [0.1, 0.15) is 17.6 Å². The number of rotatable bonds is 7. The number of aliphatic hydroxyl groups is 1. The molecule has 0 aliphatic heterocycles. The predicted octanol–water partition coefficient (Wildman–Crippen LogP) is 2.34. The molecule has 4 rings (SSSR count). The van der Waals surface area contributed by atoms with Gasteiger partial charge >= 0.3 is 11.9 Å². The van der Waals surface area contributed by atoms with Crippen LogP contribution >= 0.6 is 0 Å². The minimum Gasteiger partial charge on any atom is -0.391 e. The number of nitrogens with zero attached hydrogens (tertiary/aromatic N) is 6. The van der Waals surface area contributed by atoms with Crippen molar-refractivity contribution in [3.05, 3.63) is 69.4 Å². The molecule has 1 amide bonds. The molecular weight excluding hydrogens is 507 g/mol. The van der Waals surface area contributed by atoms with Gasteiger partial charge in [-0.15, -0.1) is 0 Å². The largest absolute Gasteiger partial charge is 0.433 e. The number of hydrogen-bond acceptors (Lipinski definition) is 7. The van der Waals surface area contributed by atoms with Gasteiger partial charge in [-0.25, -0.2) is 14.8 Å². The Morgan fingerprint density at radius 3 is 2.53 bits per heavy atom. The van der Waals surface area contributed by atoms with Crippen LogP contribution in [0.1, 0.15) is 32.0 Å². The first-order valence-corrected chi connectivity index (χ1v) is 11.6. The Balaban J connectivity index is 1.62. The van der Waals surface area contributed by atoms with Crippen molar-refractivity contribution in [1.82, 2.24) is 28.7 Å². The van der Waals surface area contributed by atoms with Gasteiger partial charge in [0.2, 0.25) is 5.91 Å². The van der Waals surface area contributed by atoms with Gasteiger partial charge in [0.25, 0.3) is 5.56 Å². The standard InChI is InChI=1S/C24H24F3N7O4/c1-4-15(35)11-33-22(37)19-20(32(3)23(33)38)29-12-34(19)13(2)21(36)31-18-7-5-6-16(30-18)14-8-9-17(28-10-14)24(25,26)27/h5-10,12-13,15,35H,4,11H2,1-3H3,(H,30,31,36)/t13-,15?/m0/s1. The van der Waals surface area contributed by atoms with Crippen molar-refractivity contribution in [2.45, 2.75) is 45.1 Å². The molecule has 0 saturated carbocycles. The molecule has 0 aromatic carbocycles. The van der Waals surface area contributed by atoms with Gasteiger partial charge in [-0.3, -0.25) is 23.7 Å². The van der Waals surface area contributed by atoms with E-state index in [1.54, 1.807) is 19.1 Å². The number of aryl methyl sites for hydroxylation is 1. The van der Waals surface area contributed by atoms with Gasteiger partial charge in [0.05, 0.1) is 24.7 Å². The summed E-state index contributed by atoms with van der Waals surface area (Å²) in [4.78, 5) is 50.7. The Kier molecular flexibility index (Phi) is 7.18. The number of hydrogen-bond donors (Lipinski definition) is 2. The van der Waals surface area contributed by atoms with Crippen LogP contribution in [-0.4, -0.2) is 45.8 Å². The average Bonchev–Trinajstić information content (AvgIpc) is 3.34. The number of nitrogens with one attached hydrogen (secondary N) is 1. The highest BCUT2D eigenvalue weighted by atomic mass is 19.4. The summed E-state index contributed by atoms with van der Waals surface area (Å²) >= 11 is 0. The van der Waals surface area contributed by atoms with Crippen LogP contribution < -0.4 is 16.6 Å². The van der Waals surface area contributed by atoms with Crippen molar-refractivity contribution in [3.8, 4) is 11.3 Å². The molecule has 14 heteroatoms. The van der Waals surface area contributed by atoms with Crippen molar-refractivity contribution >= 4 is 22.9 Å². The quantitative estimate of drug-likeness (QED) is 0.374. The lowest BCUT2D eigenvalue weighted by atomic mass is 10.1. The Hall–Kier alpha value is -4.33. The molecule has 4 heterocycles. The summed E-state index contributed by atoms with van der Waals surface area (Å²) < 4.78 is 41.8. The zero-order chi connectivity index (χ0) is 27.8. The zero-order valence-corrected chi connectivity index (χ0v) is 20.6. The monoisotopic (exact) mass is 531 g/mol. The first-order chi connectivity index (χ1) is 17.9. The summed E-state index contributed by atoms with van der Waals surface area (Å²) in [7, 11) is 1.44. The molecule has 38 heavy (non-hydrogen) atoms. The van der Waals surface area contributed by atoms with Crippen LogP contribution in [0.3, 0.4) is 0 Å². The van der Waals surface area contributed by atoms with E-state index in [4.69, 9.17) is 0 Å². The Bertz CT molecular complexity index is 1610. The Morgan fingerprint density at radius 2 is 1.89 bits per heavy atom. The third-order valence-electron chi connectivity index (χ3n) is 6.07. The van der Waals surface area contributed by atoms with E-state index in [2.05, 4.69) is 20.3 Å². The van der Waals surface area contributed by atoms with Crippen LogP contribution in [0.25, 0.3) is 22.4 Å². The molecule has 11 nitrogen and oxygen atoms in total. The molecule has 0 aliphatic carbocycles. The molecule has 0 aliphatic rings. The number of carbonyl (C=O) groups excluding carboxylic acids is 1. The molecular formula is C24H24F3N7O4. The van der Waals surface area contributed by atoms with E-state index in [1.807, 2.05) is 0 Å². The van der Waals surface area contributed by atoms with E-state index >= 15 is 0 Å². The third kappa shape index (κ3) is 5.07. The van der Waals surface area contributed by atoms with Gasteiger partial charge in [-0.2, -0.15) is 13.2 Å². The first-order valence-electron chi connectivity index (χ1n) is 11.6. The number of aliphatic hydroxyl groups excluding tert-OH is 1. The van der Waals surface area contributed by atoms with Crippen molar-refractivity contribution in [2.24, 2.45) is 7.05 Å². The Labute approximate surface area is 213 Å². The van der Waals surface area contributed by atoms with Crippen LogP contribution in [-0.2, 0) is 24.6 Å². The van der Waals surface area contributed by atoms with Crippen LogP contribution in [0.15, 0.2) is 52.4 Å². The summed E-state index contributed by atoms with van der Waals surface area (Å²) in [5.74, 6) is -0.438. The number of fused-ring (bicyclic) bond motifs is 1. The molecule has 2 N–H and O–H groups in total. The fourth-order valence-corrected chi connectivity index (χ4v) is 3.82. The molecule has 0 saturated heterocycles. The second kappa shape index (κ2) is 10.2. The normalized spacial score (nSPS) is 13.4. The van der Waals surface area contributed by atoms with Crippen LogP contribution in [0.5, 0.6) is 0 Å². The van der Waals surface area contributed by atoms with E-state index in [1.165, 1.54) is 41.6 Å². The lowest BCUT2D eigenvalue weighted by molar-refractivity contribution is -0.141. The van der Waals surface area contributed by atoms with Gasteiger partial charge in [-0.1, -0.05) is 13.0 Å². The molecule has 0 spiro atoms. The highest BCUT2D eigenvalue weighted by Crippen LogP contribution is 2.29. The summed E-state index contributed by atoms with van der Waals surface area (Å²) in [6, 6.07) is 5.73. The number of carbonyl (C=O) groups is 1. The number of anilines is 1. The lowest BCUT2D eigenvalue weighted by Gasteiger charge is -2.16. The Morgan fingerprint density at radius 1 is 1.16 bits per heavy atom.